The summed E-state index contributed by atoms with van der Waals surface area (Å²) < 4.78 is 35.8. The first-order chi connectivity index (χ1) is 11.5. The molecule has 0 amide bonds. The molecule has 0 aliphatic heterocycles. The van der Waals surface area contributed by atoms with Crippen LogP contribution in [0.5, 0.6) is 5.75 Å². The Hall–Kier alpha value is -1.07. The number of hydrogen-bond acceptors (Lipinski definition) is 3. The summed E-state index contributed by atoms with van der Waals surface area (Å²) in [7, 11) is -3.90. The molecule has 1 N–H and O–H groups in total. The monoisotopic (exact) mass is 356 g/mol. The lowest BCUT2D eigenvalue weighted by molar-refractivity contribution is 0.315. The van der Waals surface area contributed by atoms with Crippen molar-refractivity contribution in [3.8, 4) is 5.75 Å². The number of benzene rings is 1. The Kier molecular flexibility index (Phi) is 10.0. The van der Waals surface area contributed by atoms with Crippen molar-refractivity contribution in [2.75, 3.05) is 12.4 Å². The smallest absolute Gasteiger partial charge is 0.264 e. The van der Waals surface area contributed by atoms with E-state index in [1.807, 2.05) is 6.07 Å². The largest absolute Gasteiger partial charge is 0.494 e. The van der Waals surface area contributed by atoms with Gasteiger partial charge in [0, 0.05) is 0 Å². The summed E-state index contributed by atoms with van der Waals surface area (Å²) >= 11 is 0. The molecule has 0 heterocycles. The quantitative estimate of drug-likeness (QED) is 0.407. The van der Waals surface area contributed by atoms with Crippen molar-refractivity contribution >= 4 is 10.1 Å². The summed E-state index contributed by atoms with van der Waals surface area (Å²) in [4.78, 5) is 0. The zero-order chi connectivity index (χ0) is 17.8. The van der Waals surface area contributed by atoms with Gasteiger partial charge in [-0.3, -0.25) is 4.55 Å². The van der Waals surface area contributed by atoms with E-state index < -0.39 is 10.1 Å². The number of hydrogen-bond donors (Lipinski definition) is 1. The summed E-state index contributed by atoms with van der Waals surface area (Å²) in [6, 6.07) is 6.22. The highest BCUT2D eigenvalue weighted by atomic mass is 32.2. The molecule has 1 aromatic carbocycles. The van der Waals surface area contributed by atoms with E-state index in [0.29, 0.717) is 13.0 Å². The molecule has 1 rings (SSSR count). The summed E-state index contributed by atoms with van der Waals surface area (Å²) in [6.45, 7) is 4.71. The maximum atomic E-state index is 10.7. The lowest BCUT2D eigenvalue weighted by Gasteiger charge is -2.13. The van der Waals surface area contributed by atoms with Crippen molar-refractivity contribution in [1.29, 1.82) is 0 Å². The minimum Gasteiger partial charge on any atom is -0.494 e. The molecule has 0 spiro atoms. The molecule has 5 heteroatoms. The first kappa shape index (κ1) is 21.0. The first-order valence-electron chi connectivity index (χ1n) is 9.16. The van der Waals surface area contributed by atoms with Crippen LogP contribution in [0.2, 0.25) is 0 Å². The Bertz CT molecular complexity index is 567. The molecule has 0 saturated carbocycles. The van der Waals surface area contributed by atoms with Crippen LogP contribution in [0, 0.1) is 0 Å². The molecular formula is C19H32O4S. The third-order valence-electron chi connectivity index (χ3n) is 4.09. The predicted octanol–water partition coefficient (Wildman–Crippen LogP) is 4.81. The van der Waals surface area contributed by atoms with Crippen LogP contribution >= 0.6 is 0 Å². The molecule has 0 unspecified atom stereocenters. The van der Waals surface area contributed by atoms with Gasteiger partial charge in [-0.1, -0.05) is 45.6 Å². The molecule has 0 fully saturated rings. The van der Waals surface area contributed by atoms with Crippen LogP contribution in [-0.4, -0.2) is 25.3 Å². The molecule has 0 saturated heterocycles. The Balaban J connectivity index is 2.63. The molecule has 0 bridgehead atoms. The minimum absolute atomic E-state index is 0.258. The maximum Gasteiger partial charge on any atom is 0.264 e. The lowest BCUT2D eigenvalue weighted by atomic mass is 9.97. The van der Waals surface area contributed by atoms with Gasteiger partial charge in [-0.2, -0.15) is 8.42 Å². The summed E-state index contributed by atoms with van der Waals surface area (Å²) in [6.07, 6.45) is 9.78. The normalized spacial score (nSPS) is 11.6. The van der Waals surface area contributed by atoms with E-state index in [0.717, 1.165) is 18.6 Å². The molecule has 0 aromatic heterocycles. The highest BCUT2D eigenvalue weighted by molar-refractivity contribution is 7.85. The average Bonchev–Trinajstić information content (AvgIpc) is 2.53. The van der Waals surface area contributed by atoms with E-state index >= 15 is 0 Å². The topological polar surface area (TPSA) is 63.6 Å². The van der Waals surface area contributed by atoms with Gasteiger partial charge in [0.2, 0.25) is 0 Å². The summed E-state index contributed by atoms with van der Waals surface area (Å²) in [5.41, 5.74) is 2.76. The second-order valence-electron chi connectivity index (χ2n) is 6.33. The van der Waals surface area contributed by atoms with Crippen LogP contribution in [0.1, 0.15) is 69.9 Å². The van der Waals surface area contributed by atoms with Crippen molar-refractivity contribution < 1.29 is 17.7 Å². The number of ether oxygens (including phenoxy) is 1. The fourth-order valence-electron chi connectivity index (χ4n) is 2.73. The van der Waals surface area contributed by atoms with Crippen LogP contribution in [0.3, 0.4) is 0 Å². The number of unbranched alkanes of at least 4 members (excludes halogenated alkanes) is 4. The second-order valence-corrected chi connectivity index (χ2v) is 7.90. The van der Waals surface area contributed by atoms with Gasteiger partial charge in [0.25, 0.3) is 10.1 Å². The third-order valence-corrected chi connectivity index (χ3v) is 4.90. The lowest BCUT2D eigenvalue weighted by Crippen LogP contribution is -2.08. The fourth-order valence-corrected chi connectivity index (χ4v) is 3.21. The minimum atomic E-state index is -3.90. The van der Waals surface area contributed by atoms with Gasteiger partial charge in [-0.05, 0) is 55.4 Å². The van der Waals surface area contributed by atoms with Crippen molar-refractivity contribution in [1.82, 2.24) is 0 Å². The van der Waals surface area contributed by atoms with Crippen LogP contribution < -0.4 is 4.74 Å². The summed E-state index contributed by atoms with van der Waals surface area (Å²) in [5, 5.41) is 0. The molecule has 0 aliphatic rings. The molecule has 0 radical (unpaired) electrons. The molecule has 4 nitrogen and oxygen atoms in total. The molecule has 138 valence electrons. The number of rotatable bonds is 13. The van der Waals surface area contributed by atoms with Gasteiger partial charge < -0.3 is 4.74 Å². The highest BCUT2D eigenvalue weighted by Gasteiger charge is 2.07. The Morgan fingerprint density at radius 1 is 0.917 bits per heavy atom. The predicted molar refractivity (Wildman–Crippen MR) is 99.4 cm³/mol. The highest BCUT2D eigenvalue weighted by Crippen LogP contribution is 2.22. The molecule has 1 aromatic rings. The second kappa shape index (κ2) is 11.5. The van der Waals surface area contributed by atoms with Crippen molar-refractivity contribution in [2.24, 2.45) is 0 Å². The van der Waals surface area contributed by atoms with Crippen molar-refractivity contribution in [3.05, 3.63) is 29.3 Å². The van der Waals surface area contributed by atoms with E-state index in [-0.39, 0.29) is 5.75 Å². The van der Waals surface area contributed by atoms with E-state index in [4.69, 9.17) is 9.29 Å². The van der Waals surface area contributed by atoms with Crippen LogP contribution in [0.25, 0.3) is 0 Å². The third kappa shape index (κ3) is 9.28. The van der Waals surface area contributed by atoms with Gasteiger partial charge in [0.1, 0.15) is 5.75 Å². The Morgan fingerprint density at radius 2 is 1.54 bits per heavy atom. The van der Waals surface area contributed by atoms with Crippen molar-refractivity contribution in [3.63, 3.8) is 0 Å². The number of aryl methyl sites for hydroxylation is 2. The summed E-state index contributed by atoms with van der Waals surface area (Å²) in [5.74, 6) is 0.530. The SMILES string of the molecule is CCCCCc1ccc(OCCCS(=O)(=O)O)cc1CCCCC. The van der Waals surface area contributed by atoms with Gasteiger partial charge in [-0.15, -0.1) is 0 Å². The van der Waals surface area contributed by atoms with E-state index in [1.54, 1.807) is 0 Å². The van der Waals surface area contributed by atoms with E-state index in [1.165, 1.54) is 49.7 Å². The fraction of sp³-hybridized carbons (Fsp3) is 0.684. The zero-order valence-corrected chi connectivity index (χ0v) is 15.9. The van der Waals surface area contributed by atoms with Crippen LogP contribution in [-0.2, 0) is 23.0 Å². The standard InChI is InChI=1S/C19H32O4S/c1-3-5-7-10-17-12-13-19(16-18(17)11-8-6-4-2)23-14-9-15-24(20,21)22/h12-13,16H,3-11,14-15H2,1-2H3,(H,20,21,22). The average molecular weight is 357 g/mol. The van der Waals surface area contributed by atoms with E-state index in [9.17, 15) is 8.42 Å². The molecular weight excluding hydrogens is 324 g/mol. The zero-order valence-electron chi connectivity index (χ0n) is 15.1. The maximum absolute atomic E-state index is 10.7. The Labute approximate surface area is 147 Å². The van der Waals surface area contributed by atoms with Gasteiger partial charge in [0.15, 0.2) is 0 Å². The first-order valence-corrected chi connectivity index (χ1v) is 10.8. The Morgan fingerprint density at radius 3 is 2.12 bits per heavy atom. The van der Waals surface area contributed by atoms with Crippen LogP contribution in [0.15, 0.2) is 18.2 Å². The van der Waals surface area contributed by atoms with Crippen molar-refractivity contribution in [2.45, 2.75) is 71.6 Å². The van der Waals surface area contributed by atoms with E-state index in [2.05, 4.69) is 26.0 Å². The molecule has 0 atom stereocenters. The molecule has 0 aliphatic carbocycles. The van der Waals surface area contributed by atoms with Crippen LogP contribution in [0.4, 0.5) is 0 Å². The van der Waals surface area contributed by atoms with Gasteiger partial charge in [0.05, 0.1) is 12.4 Å². The van der Waals surface area contributed by atoms with Gasteiger partial charge >= 0.3 is 0 Å². The molecule has 24 heavy (non-hydrogen) atoms. The van der Waals surface area contributed by atoms with Gasteiger partial charge in [-0.25, -0.2) is 0 Å².